The molecule has 1 fully saturated rings. The molecule has 25 heavy (non-hydrogen) atoms. The SMILES string of the molecule is [B]C1([B])CC[C@@]([B])(n2c(C)nc3c(O)cccc3c2=O)C(=O)NC1=O. The number of nitrogens with zero attached hydrogens (tertiary/aromatic N) is 2. The van der Waals surface area contributed by atoms with Gasteiger partial charge < -0.3 is 5.11 Å². The quantitative estimate of drug-likeness (QED) is 0.522. The molecule has 1 aromatic heterocycles. The molecule has 7 nitrogen and oxygen atoms in total. The van der Waals surface area contributed by atoms with E-state index in [1.807, 2.05) is 5.32 Å². The fraction of sp³-hybridized carbons (Fsp3) is 0.333. The minimum atomic E-state index is -1.90. The van der Waals surface area contributed by atoms with E-state index in [-0.39, 0.29) is 35.3 Å². The van der Waals surface area contributed by atoms with Gasteiger partial charge in [0.15, 0.2) is 0 Å². The van der Waals surface area contributed by atoms with Crippen LogP contribution in [0, 0.1) is 6.92 Å². The number of para-hydroxylation sites is 1. The molecule has 1 aromatic carbocycles. The summed E-state index contributed by atoms with van der Waals surface area (Å²) in [5, 5.41) is 10.2. The standard InChI is InChI=1S/C15H12B3N3O4/c1-7-19-10-8(3-2-4-9(10)22)11(23)21(7)15(18)6-5-14(16,17)12(24)20-13(15)25/h2-4,22H,5-6H2,1H3,(H,20,24,25)/t15-/m1/s1. The summed E-state index contributed by atoms with van der Waals surface area (Å²) in [6.07, 6.45) is -0.268. The second-order valence-electron chi connectivity index (χ2n) is 6.22. The molecule has 1 aliphatic heterocycles. The van der Waals surface area contributed by atoms with Gasteiger partial charge in [-0.3, -0.25) is 24.3 Å². The predicted octanol–water partition coefficient (Wildman–Crippen LogP) is -0.878. The fourth-order valence-electron chi connectivity index (χ4n) is 2.94. The van der Waals surface area contributed by atoms with Crippen molar-refractivity contribution in [3.63, 3.8) is 0 Å². The van der Waals surface area contributed by atoms with Gasteiger partial charge in [-0.2, -0.15) is 0 Å². The molecule has 2 aromatic rings. The van der Waals surface area contributed by atoms with Gasteiger partial charge in [0.05, 0.1) is 26.5 Å². The van der Waals surface area contributed by atoms with Crippen LogP contribution in [-0.2, 0) is 15.0 Å². The van der Waals surface area contributed by atoms with Gasteiger partial charge in [0.2, 0.25) is 11.8 Å². The van der Waals surface area contributed by atoms with Crippen molar-refractivity contribution in [1.29, 1.82) is 0 Å². The topological polar surface area (TPSA) is 101 Å². The first-order valence-electron chi connectivity index (χ1n) is 7.52. The lowest BCUT2D eigenvalue weighted by molar-refractivity contribution is -0.132. The highest BCUT2D eigenvalue weighted by atomic mass is 16.3. The maximum atomic E-state index is 12.9. The van der Waals surface area contributed by atoms with Crippen LogP contribution >= 0.6 is 0 Å². The Bertz CT molecular complexity index is 972. The zero-order valence-electron chi connectivity index (χ0n) is 13.4. The number of carbonyl (C=O) groups is 2. The Kier molecular flexibility index (Phi) is 3.81. The van der Waals surface area contributed by atoms with Crippen LogP contribution in [0.25, 0.3) is 10.9 Å². The molecule has 0 bridgehead atoms. The lowest BCUT2D eigenvalue weighted by Crippen LogP contribution is -2.54. The number of carbonyl (C=O) groups excluding carboxylic acids is 2. The van der Waals surface area contributed by atoms with Crippen LogP contribution in [0.3, 0.4) is 0 Å². The highest BCUT2D eigenvalue weighted by Gasteiger charge is 2.44. The molecule has 10 heteroatoms. The molecule has 2 amide bonds. The highest BCUT2D eigenvalue weighted by molar-refractivity contribution is 6.52. The third-order valence-electron chi connectivity index (χ3n) is 4.41. The Labute approximate surface area is 147 Å². The van der Waals surface area contributed by atoms with E-state index in [0.29, 0.717) is 0 Å². The van der Waals surface area contributed by atoms with E-state index >= 15 is 0 Å². The van der Waals surface area contributed by atoms with Crippen LogP contribution in [-0.4, -0.2) is 50.0 Å². The number of benzene rings is 1. The second kappa shape index (κ2) is 5.51. The number of aromatic nitrogens is 2. The summed E-state index contributed by atoms with van der Waals surface area (Å²) in [5.41, 5.74) is -2.42. The van der Waals surface area contributed by atoms with Crippen molar-refractivity contribution in [2.24, 2.45) is 0 Å². The number of phenolic OH excluding ortho intramolecular Hbond substituents is 1. The summed E-state index contributed by atoms with van der Waals surface area (Å²) in [6.45, 7) is 1.47. The predicted molar refractivity (Wildman–Crippen MR) is 92.7 cm³/mol. The van der Waals surface area contributed by atoms with E-state index in [4.69, 9.17) is 23.5 Å². The van der Waals surface area contributed by atoms with Crippen LogP contribution < -0.4 is 10.9 Å². The number of hydrogen-bond donors (Lipinski definition) is 2. The Balaban J connectivity index is 2.26. The van der Waals surface area contributed by atoms with Gasteiger partial charge in [0.1, 0.15) is 24.9 Å². The number of amides is 2. The normalized spacial score (nSPS) is 23.2. The molecule has 1 saturated heterocycles. The average molecular weight is 331 g/mol. The van der Waals surface area contributed by atoms with Gasteiger partial charge >= 0.3 is 0 Å². The lowest BCUT2D eigenvalue weighted by Gasteiger charge is -2.31. The van der Waals surface area contributed by atoms with E-state index in [0.717, 1.165) is 4.57 Å². The number of imide groups is 1. The zero-order valence-corrected chi connectivity index (χ0v) is 13.4. The molecule has 1 aliphatic rings. The summed E-state index contributed by atoms with van der Waals surface area (Å²) >= 11 is 0. The van der Waals surface area contributed by atoms with Gasteiger partial charge in [-0.05, 0) is 30.7 Å². The summed E-state index contributed by atoms with van der Waals surface area (Å²) in [6, 6.07) is 4.33. The van der Waals surface area contributed by atoms with Gasteiger partial charge in [0.25, 0.3) is 5.56 Å². The van der Waals surface area contributed by atoms with E-state index in [1.165, 1.54) is 25.1 Å². The largest absolute Gasteiger partial charge is 0.506 e. The van der Waals surface area contributed by atoms with Crippen molar-refractivity contribution in [1.82, 2.24) is 14.9 Å². The molecule has 6 radical (unpaired) electrons. The number of aryl methyl sites for hydroxylation is 1. The molecule has 0 aliphatic carbocycles. The van der Waals surface area contributed by atoms with Crippen LogP contribution in [0.4, 0.5) is 0 Å². The van der Waals surface area contributed by atoms with Crippen molar-refractivity contribution < 1.29 is 14.7 Å². The Morgan fingerprint density at radius 1 is 1.16 bits per heavy atom. The van der Waals surface area contributed by atoms with E-state index in [2.05, 4.69) is 4.98 Å². The van der Waals surface area contributed by atoms with E-state index in [9.17, 15) is 19.5 Å². The molecule has 0 saturated carbocycles. The molecule has 2 heterocycles. The molecule has 1 atom stereocenters. The van der Waals surface area contributed by atoms with Gasteiger partial charge in [0, 0.05) is 0 Å². The minimum absolute atomic E-state index is 0.0885. The lowest BCUT2D eigenvalue weighted by atomic mass is 9.51. The summed E-state index contributed by atoms with van der Waals surface area (Å²) < 4.78 is 0.999. The first kappa shape index (κ1) is 17.3. The van der Waals surface area contributed by atoms with Crippen molar-refractivity contribution in [2.75, 3.05) is 0 Å². The third-order valence-corrected chi connectivity index (χ3v) is 4.41. The van der Waals surface area contributed by atoms with E-state index < -0.39 is 28.0 Å². The third kappa shape index (κ3) is 2.56. The Hall–Kier alpha value is -2.51. The number of aromatic hydroxyl groups is 1. The fourth-order valence-corrected chi connectivity index (χ4v) is 2.94. The number of phenols is 1. The monoisotopic (exact) mass is 331 g/mol. The molecule has 2 N–H and O–H groups in total. The first-order chi connectivity index (χ1) is 11.6. The van der Waals surface area contributed by atoms with Gasteiger partial charge in [-0.25, -0.2) is 4.98 Å². The van der Waals surface area contributed by atoms with Crippen molar-refractivity contribution in [3.8, 4) is 5.75 Å². The van der Waals surface area contributed by atoms with Crippen LogP contribution in [0.1, 0.15) is 18.7 Å². The van der Waals surface area contributed by atoms with Crippen molar-refractivity contribution >= 4 is 46.3 Å². The number of fused-ring (bicyclic) bond motifs is 1. The highest BCUT2D eigenvalue weighted by Crippen LogP contribution is 2.34. The van der Waals surface area contributed by atoms with Crippen LogP contribution in [0.2, 0.25) is 5.21 Å². The number of nitrogens with one attached hydrogen (secondary N) is 1. The maximum absolute atomic E-state index is 12.9. The molecular formula is C15H12B3N3O4. The van der Waals surface area contributed by atoms with Gasteiger partial charge in [-0.15, -0.1) is 0 Å². The molecule has 3 rings (SSSR count). The summed E-state index contributed by atoms with van der Waals surface area (Å²) in [4.78, 5) is 41.5. The molecular weight excluding hydrogens is 319 g/mol. The number of rotatable bonds is 1. The van der Waals surface area contributed by atoms with Crippen molar-refractivity contribution in [2.45, 2.75) is 30.4 Å². The van der Waals surface area contributed by atoms with Crippen molar-refractivity contribution in [3.05, 3.63) is 34.4 Å². The smallest absolute Gasteiger partial charge is 0.261 e. The zero-order chi connectivity index (χ0) is 18.6. The molecule has 0 unspecified atom stereocenters. The Morgan fingerprint density at radius 2 is 1.84 bits per heavy atom. The van der Waals surface area contributed by atoms with Crippen LogP contribution in [0.5, 0.6) is 5.75 Å². The Morgan fingerprint density at radius 3 is 2.52 bits per heavy atom. The summed E-state index contributed by atoms with van der Waals surface area (Å²) in [5.74, 6) is -1.84. The second-order valence-corrected chi connectivity index (χ2v) is 6.22. The van der Waals surface area contributed by atoms with Crippen LogP contribution in [0.15, 0.2) is 23.0 Å². The molecule has 0 spiro atoms. The van der Waals surface area contributed by atoms with Gasteiger partial charge in [-0.1, -0.05) is 12.5 Å². The maximum Gasteiger partial charge on any atom is 0.261 e. The van der Waals surface area contributed by atoms with E-state index in [1.54, 1.807) is 0 Å². The number of hydrogen-bond acceptors (Lipinski definition) is 5. The molecule has 120 valence electrons. The summed E-state index contributed by atoms with van der Waals surface area (Å²) in [7, 11) is 17.6. The average Bonchev–Trinajstić information content (AvgIpc) is 2.60. The first-order valence-corrected chi connectivity index (χ1v) is 7.52. The minimum Gasteiger partial charge on any atom is -0.506 e.